The minimum Gasteiger partial charge on any atom is -0.379 e. The van der Waals surface area contributed by atoms with E-state index in [9.17, 15) is 4.79 Å². The predicted molar refractivity (Wildman–Crippen MR) is 76.5 cm³/mol. The van der Waals surface area contributed by atoms with Gasteiger partial charge in [-0.3, -0.25) is 4.79 Å². The average Bonchev–Trinajstić information content (AvgIpc) is 3.14. The van der Waals surface area contributed by atoms with Crippen LogP contribution in [0, 0.1) is 26.7 Å². The van der Waals surface area contributed by atoms with Crippen LogP contribution in [0.2, 0.25) is 0 Å². The van der Waals surface area contributed by atoms with E-state index in [1.165, 1.54) is 0 Å². The Bertz CT molecular complexity index is 657. The molecular formula is C15H19N3O4. The summed E-state index contributed by atoms with van der Waals surface area (Å²) in [7, 11) is 0. The molecule has 0 saturated carbocycles. The fraction of sp³-hybridized carbons (Fsp3) is 0.533. The SMILES string of the molecule is Cc1cc(C[C@@H]2COC[C@@H]2NC(=O)c2c(C)noc2C)on1. The number of hydrogen-bond donors (Lipinski definition) is 1. The molecule has 1 saturated heterocycles. The topological polar surface area (TPSA) is 90.4 Å². The smallest absolute Gasteiger partial charge is 0.257 e. The van der Waals surface area contributed by atoms with Gasteiger partial charge < -0.3 is 19.1 Å². The first-order chi connectivity index (χ1) is 10.5. The Balaban J connectivity index is 1.67. The molecule has 2 atom stereocenters. The van der Waals surface area contributed by atoms with E-state index in [1.54, 1.807) is 13.8 Å². The molecule has 1 fully saturated rings. The highest BCUT2D eigenvalue weighted by Crippen LogP contribution is 2.21. The second-order valence-corrected chi connectivity index (χ2v) is 5.72. The molecule has 0 bridgehead atoms. The summed E-state index contributed by atoms with van der Waals surface area (Å²) in [5.41, 5.74) is 1.95. The van der Waals surface area contributed by atoms with Gasteiger partial charge >= 0.3 is 0 Å². The van der Waals surface area contributed by atoms with Crippen LogP contribution in [0.15, 0.2) is 15.1 Å². The zero-order chi connectivity index (χ0) is 15.7. The summed E-state index contributed by atoms with van der Waals surface area (Å²) in [6.45, 7) is 6.45. The van der Waals surface area contributed by atoms with Crippen LogP contribution in [0.3, 0.4) is 0 Å². The van der Waals surface area contributed by atoms with Gasteiger partial charge in [0, 0.05) is 18.4 Å². The van der Waals surface area contributed by atoms with Crippen LogP contribution in [-0.4, -0.2) is 35.5 Å². The molecule has 1 aliphatic rings. The molecule has 2 aromatic rings. The summed E-state index contributed by atoms with van der Waals surface area (Å²) in [5, 5.41) is 10.7. The third-order valence-electron chi connectivity index (χ3n) is 3.92. The zero-order valence-electron chi connectivity index (χ0n) is 12.9. The van der Waals surface area contributed by atoms with Gasteiger partial charge in [0.15, 0.2) is 0 Å². The van der Waals surface area contributed by atoms with E-state index in [0.717, 1.165) is 11.5 Å². The largest absolute Gasteiger partial charge is 0.379 e. The van der Waals surface area contributed by atoms with Crippen molar-refractivity contribution in [1.29, 1.82) is 0 Å². The molecule has 1 amide bonds. The maximum absolute atomic E-state index is 12.4. The Morgan fingerprint density at radius 2 is 2.09 bits per heavy atom. The fourth-order valence-corrected chi connectivity index (χ4v) is 2.78. The quantitative estimate of drug-likeness (QED) is 0.922. The molecule has 3 rings (SSSR count). The van der Waals surface area contributed by atoms with Crippen LogP contribution in [0.5, 0.6) is 0 Å². The average molecular weight is 305 g/mol. The number of hydrogen-bond acceptors (Lipinski definition) is 6. The second kappa shape index (κ2) is 5.92. The lowest BCUT2D eigenvalue weighted by Crippen LogP contribution is -2.40. The van der Waals surface area contributed by atoms with E-state index in [1.807, 2.05) is 13.0 Å². The Hall–Kier alpha value is -2.15. The molecule has 0 spiro atoms. The molecule has 22 heavy (non-hydrogen) atoms. The lowest BCUT2D eigenvalue weighted by Gasteiger charge is -2.17. The predicted octanol–water partition coefficient (Wildman–Crippen LogP) is 1.58. The van der Waals surface area contributed by atoms with Gasteiger partial charge in [-0.1, -0.05) is 10.3 Å². The van der Waals surface area contributed by atoms with Crippen molar-refractivity contribution in [2.24, 2.45) is 5.92 Å². The van der Waals surface area contributed by atoms with Crippen molar-refractivity contribution in [2.75, 3.05) is 13.2 Å². The maximum atomic E-state index is 12.4. The van der Waals surface area contributed by atoms with Crippen LogP contribution in [-0.2, 0) is 11.2 Å². The first-order valence-corrected chi connectivity index (χ1v) is 7.28. The number of carbonyl (C=O) groups excluding carboxylic acids is 1. The highest BCUT2D eigenvalue weighted by atomic mass is 16.5. The Morgan fingerprint density at radius 1 is 1.27 bits per heavy atom. The van der Waals surface area contributed by atoms with Gasteiger partial charge in [-0.05, 0) is 20.8 Å². The lowest BCUT2D eigenvalue weighted by molar-refractivity contribution is 0.0922. The van der Waals surface area contributed by atoms with Crippen molar-refractivity contribution < 1.29 is 18.6 Å². The molecule has 2 aromatic heterocycles. The summed E-state index contributed by atoms with van der Waals surface area (Å²) in [6, 6.07) is 1.84. The fourth-order valence-electron chi connectivity index (χ4n) is 2.78. The number of amides is 1. The van der Waals surface area contributed by atoms with Gasteiger partial charge in [0.05, 0.1) is 30.6 Å². The Kier molecular flexibility index (Phi) is 3.98. The second-order valence-electron chi connectivity index (χ2n) is 5.72. The van der Waals surface area contributed by atoms with Gasteiger partial charge in [-0.15, -0.1) is 0 Å². The van der Waals surface area contributed by atoms with Gasteiger partial charge in [-0.25, -0.2) is 0 Å². The third kappa shape index (κ3) is 2.89. The van der Waals surface area contributed by atoms with E-state index >= 15 is 0 Å². The van der Waals surface area contributed by atoms with Crippen LogP contribution in [0.4, 0.5) is 0 Å². The molecule has 0 unspecified atom stereocenters. The number of ether oxygens (including phenoxy) is 1. The Labute approximate surface area is 128 Å². The van der Waals surface area contributed by atoms with Crippen molar-refractivity contribution in [3.05, 3.63) is 34.5 Å². The van der Waals surface area contributed by atoms with Crippen LogP contribution in [0.25, 0.3) is 0 Å². The highest BCUT2D eigenvalue weighted by Gasteiger charge is 2.32. The summed E-state index contributed by atoms with van der Waals surface area (Å²) < 4.78 is 15.8. The van der Waals surface area contributed by atoms with Crippen molar-refractivity contribution in [3.63, 3.8) is 0 Å². The number of carbonyl (C=O) groups is 1. The number of rotatable bonds is 4. The van der Waals surface area contributed by atoms with E-state index in [0.29, 0.717) is 36.7 Å². The molecule has 1 N–H and O–H groups in total. The molecule has 0 aliphatic carbocycles. The highest BCUT2D eigenvalue weighted by molar-refractivity contribution is 5.96. The molecule has 0 aromatic carbocycles. The van der Waals surface area contributed by atoms with Gasteiger partial charge in [0.1, 0.15) is 17.1 Å². The summed E-state index contributed by atoms with van der Waals surface area (Å²) >= 11 is 0. The van der Waals surface area contributed by atoms with Gasteiger partial charge in [0.25, 0.3) is 5.91 Å². The third-order valence-corrected chi connectivity index (χ3v) is 3.92. The number of nitrogens with zero attached hydrogens (tertiary/aromatic N) is 2. The summed E-state index contributed by atoms with van der Waals surface area (Å²) in [4.78, 5) is 12.4. The number of aryl methyl sites for hydroxylation is 3. The van der Waals surface area contributed by atoms with Crippen molar-refractivity contribution in [3.8, 4) is 0 Å². The van der Waals surface area contributed by atoms with E-state index in [-0.39, 0.29) is 17.9 Å². The normalized spacial score (nSPS) is 21.2. The first kappa shape index (κ1) is 14.8. The Morgan fingerprint density at radius 3 is 2.73 bits per heavy atom. The number of nitrogens with one attached hydrogen (secondary N) is 1. The van der Waals surface area contributed by atoms with Crippen LogP contribution in [0.1, 0.15) is 33.3 Å². The van der Waals surface area contributed by atoms with E-state index in [2.05, 4.69) is 15.6 Å². The van der Waals surface area contributed by atoms with Gasteiger partial charge in [0.2, 0.25) is 0 Å². The molecule has 7 heteroatoms. The summed E-state index contributed by atoms with van der Waals surface area (Å²) in [6.07, 6.45) is 0.688. The number of aromatic nitrogens is 2. The molecular weight excluding hydrogens is 286 g/mol. The van der Waals surface area contributed by atoms with E-state index in [4.69, 9.17) is 13.8 Å². The molecule has 1 aliphatic heterocycles. The first-order valence-electron chi connectivity index (χ1n) is 7.28. The van der Waals surface area contributed by atoms with Gasteiger partial charge in [-0.2, -0.15) is 0 Å². The molecule has 3 heterocycles. The van der Waals surface area contributed by atoms with Crippen LogP contribution < -0.4 is 5.32 Å². The molecule has 0 radical (unpaired) electrons. The molecule has 7 nitrogen and oxygen atoms in total. The van der Waals surface area contributed by atoms with Crippen molar-refractivity contribution >= 4 is 5.91 Å². The maximum Gasteiger partial charge on any atom is 0.257 e. The summed E-state index contributed by atoms with van der Waals surface area (Å²) in [5.74, 6) is 1.32. The van der Waals surface area contributed by atoms with Crippen molar-refractivity contribution in [1.82, 2.24) is 15.6 Å². The zero-order valence-corrected chi connectivity index (χ0v) is 12.9. The minimum atomic E-state index is -0.175. The van der Waals surface area contributed by atoms with E-state index < -0.39 is 0 Å². The van der Waals surface area contributed by atoms with Crippen molar-refractivity contribution in [2.45, 2.75) is 33.2 Å². The van der Waals surface area contributed by atoms with Crippen LogP contribution >= 0.6 is 0 Å². The molecule has 118 valence electrons. The minimum absolute atomic E-state index is 0.0633. The monoisotopic (exact) mass is 305 g/mol. The lowest BCUT2D eigenvalue weighted by atomic mass is 9.97. The standard InChI is InChI=1S/C15H19N3O4/c1-8-4-12(22-17-8)5-11-6-20-7-13(11)16-15(19)14-9(2)18-21-10(14)3/h4,11,13H,5-7H2,1-3H3,(H,16,19)/t11-,13+/m1/s1.